The number of hydrogen-bond acceptors (Lipinski definition) is 3. The first-order chi connectivity index (χ1) is 8.77. The first-order valence-electron chi connectivity index (χ1n) is 6.34. The van der Waals surface area contributed by atoms with E-state index in [2.05, 4.69) is 5.32 Å². The molecule has 0 radical (unpaired) electrons. The topological polar surface area (TPSA) is 64.3 Å². The van der Waals surface area contributed by atoms with E-state index < -0.39 is 0 Å². The van der Waals surface area contributed by atoms with Crippen molar-refractivity contribution >= 4 is 11.6 Å². The minimum Gasteiger partial charge on any atom is -0.384 e. The Labute approximate surface area is 109 Å². The van der Waals surface area contributed by atoms with E-state index in [4.69, 9.17) is 10.5 Å². The molecule has 0 aromatic heterocycles. The number of nitrogens with one attached hydrogen (secondary N) is 1. The van der Waals surface area contributed by atoms with Gasteiger partial charge in [0.1, 0.15) is 0 Å². The number of nitrogens with two attached hydrogens (primary N) is 1. The van der Waals surface area contributed by atoms with Crippen LogP contribution in [0.5, 0.6) is 0 Å². The molecule has 0 saturated carbocycles. The van der Waals surface area contributed by atoms with Crippen LogP contribution in [-0.4, -0.2) is 26.2 Å². The Bertz CT molecular complexity index is 367. The molecule has 1 aromatic rings. The van der Waals surface area contributed by atoms with Crippen LogP contribution in [0.4, 0.5) is 5.69 Å². The number of ether oxygens (including phenoxy) is 1. The molecule has 100 valence electrons. The van der Waals surface area contributed by atoms with Crippen LogP contribution in [0.15, 0.2) is 24.3 Å². The van der Waals surface area contributed by atoms with Gasteiger partial charge in [0.15, 0.2) is 0 Å². The number of rotatable bonds is 8. The van der Waals surface area contributed by atoms with Crippen molar-refractivity contribution in [2.24, 2.45) is 5.73 Å². The summed E-state index contributed by atoms with van der Waals surface area (Å²) in [5.41, 5.74) is 7.39. The van der Waals surface area contributed by atoms with Crippen LogP contribution in [0, 0.1) is 0 Å². The van der Waals surface area contributed by atoms with Gasteiger partial charge >= 0.3 is 0 Å². The maximum absolute atomic E-state index is 11.7. The van der Waals surface area contributed by atoms with Crippen molar-refractivity contribution < 1.29 is 9.53 Å². The molecule has 3 N–H and O–H groups in total. The molecule has 0 unspecified atom stereocenters. The van der Waals surface area contributed by atoms with E-state index >= 15 is 0 Å². The highest BCUT2D eigenvalue weighted by atomic mass is 16.5. The molecule has 1 rings (SSSR count). The predicted octanol–water partition coefficient (Wildman–Crippen LogP) is 1.94. The van der Waals surface area contributed by atoms with Gasteiger partial charge in [0.05, 0.1) is 6.61 Å². The second kappa shape index (κ2) is 8.66. The fourth-order valence-electron chi connectivity index (χ4n) is 1.71. The minimum absolute atomic E-state index is 0.0494. The summed E-state index contributed by atoms with van der Waals surface area (Å²) in [7, 11) is 1.67. The highest BCUT2D eigenvalue weighted by Gasteiger charge is 2.06. The maximum Gasteiger partial charge on any atom is 0.224 e. The molecular formula is C14H22N2O2. The number of benzene rings is 1. The van der Waals surface area contributed by atoms with Gasteiger partial charge in [0, 0.05) is 19.2 Å². The Morgan fingerprint density at radius 2 is 2.11 bits per heavy atom. The van der Waals surface area contributed by atoms with E-state index in [1.54, 1.807) is 7.11 Å². The van der Waals surface area contributed by atoms with Crippen molar-refractivity contribution in [1.82, 2.24) is 0 Å². The molecule has 1 aromatic carbocycles. The Kier molecular flexibility index (Phi) is 7.06. The van der Waals surface area contributed by atoms with Gasteiger partial charge in [0.2, 0.25) is 5.91 Å². The third kappa shape index (κ3) is 5.29. The van der Waals surface area contributed by atoms with Crippen LogP contribution in [0.25, 0.3) is 0 Å². The SMILES string of the molecule is COCCc1ccccc1NC(=O)CCCCN. The average Bonchev–Trinajstić information content (AvgIpc) is 2.38. The lowest BCUT2D eigenvalue weighted by Gasteiger charge is -2.10. The molecule has 0 aliphatic carbocycles. The Morgan fingerprint density at radius 1 is 1.33 bits per heavy atom. The van der Waals surface area contributed by atoms with E-state index in [0.29, 0.717) is 19.6 Å². The van der Waals surface area contributed by atoms with Crippen LogP contribution < -0.4 is 11.1 Å². The van der Waals surface area contributed by atoms with Crippen molar-refractivity contribution in [3.05, 3.63) is 29.8 Å². The number of carbonyl (C=O) groups excluding carboxylic acids is 1. The normalized spacial score (nSPS) is 10.3. The third-order valence-corrected chi connectivity index (χ3v) is 2.72. The standard InChI is InChI=1S/C14H22N2O2/c1-18-11-9-12-6-2-3-7-13(12)16-14(17)8-4-5-10-15/h2-3,6-7H,4-5,8-11,15H2,1H3,(H,16,17). The fraction of sp³-hybridized carbons (Fsp3) is 0.500. The molecule has 0 atom stereocenters. The molecule has 0 fully saturated rings. The summed E-state index contributed by atoms with van der Waals surface area (Å²) in [5.74, 6) is 0.0494. The van der Waals surface area contributed by atoms with E-state index in [1.165, 1.54) is 0 Å². The lowest BCUT2D eigenvalue weighted by molar-refractivity contribution is -0.116. The number of unbranched alkanes of at least 4 members (excludes halogenated alkanes) is 1. The minimum atomic E-state index is 0.0494. The fourth-order valence-corrected chi connectivity index (χ4v) is 1.71. The summed E-state index contributed by atoms with van der Waals surface area (Å²) < 4.78 is 5.06. The summed E-state index contributed by atoms with van der Waals surface area (Å²) in [6.07, 6.45) is 3.05. The molecule has 0 bridgehead atoms. The molecule has 0 aliphatic rings. The Hall–Kier alpha value is -1.39. The molecule has 4 nitrogen and oxygen atoms in total. The summed E-state index contributed by atoms with van der Waals surface area (Å²) in [6.45, 7) is 1.29. The molecule has 0 heterocycles. The molecule has 0 aliphatic heterocycles. The van der Waals surface area contributed by atoms with Crippen LogP contribution in [0.3, 0.4) is 0 Å². The maximum atomic E-state index is 11.7. The van der Waals surface area contributed by atoms with Gasteiger partial charge in [-0.2, -0.15) is 0 Å². The summed E-state index contributed by atoms with van der Waals surface area (Å²) in [6, 6.07) is 7.82. The van der Waals surface area contributed by atoms with Crippen LogP contribution in [0.1, 0.15) is 24.8 Å². The van der Waals surface area contributed by atoms with Gasteiger partial charge in [-0.3, -0.25) is 4.79 Å². The second-order valence-corrected chi connectivity index (χ2v) is 4.19. The van der Waals surface area contributed by atoms with E-state index in [1.807, 2.05) is 24.3 Å². The molecule has 4 heteroatoms. The number of methoxy groups -OCH3 is 1. The number of hydrogen-bond donors (Lipinski definition) is 2. The summed E-state index contributed by atoms with van der Waals surface area (Å²) >= 11 is 0. The van der Waals surface area contributed by atoms with Crippen LogP contribution in [-0.2, 0) is 16.0 Å². The van der Waals surface area contributed by atoms with Gasteiger partial charge in [-0.15, -0.1) is 0 Å². The zero-order valence-electron chi connectivity index (χ0n) is 10.9. The number of anilines is 1. The molecule has 1 amide bonds. The van der Waals surface area contributed by atoms with Crippen LogP contribution in [0.2, 0.25) is 0 Å². The van der Waals surface area contributed by atoms with E-state index in [0.717, 1.165) is 30.5 Å². The monoisotopic (exact) mass is 250 g/mol. The predicted molar refractivity (Wildman–Crippen MR) is 73.6 cm³/mol. The van der Waals surface area contributed by atoms with Gasteiger partial charge in [-0.1, -0.05) is 18.2 Å². The molecule has 18 heavy (non-hydrogen) atoms. The van der Waals surface area contributed by atoms with Gasteiger partial charge in [-0.05, 0) is 37.4 Å². The zero-order valence-corrected chi connectivity index (χ0v) is 10.9. The Morgan fingerprint density at radius 3 is 2.83 bits per heavy atom. The van der Waals surface area contributed by atoms with Gasteiger partial charge in [0.25, 0.3) is 0 Å². The summed E-state index contributed by atoms with van der Waals surface area (Å²) in [4.78, 5) is 11.7. The van der Waals surface area contributed by atoms with E-state index in [9.17, 15) is 4.79 Å². The molecule has 0 spiro atoms. The third-order valence-electron chi connectivity index (χ3n) is 2.72. The summed E-state index contributed by atoms with van der Waals surface area (Å²) in [5, 5.41) is 2.94. The quantitative estimate of drug-likeness (QED) is 0.693. The number of para-hydroxylation sites is 1. The highest BCUT2D eigenvalue weighted by Crippen LogP contribution is 2.16. The van der Waals surface area contributed by atoms with E-state index in [-0.39, 0.29) is 5.91 Å². The largest absolute Gasteiger partial charge is 0.384 e. The van der Waals surface area contributed by atoms with Crippen molar-refractivity contribution in [1.29, 1.82) is 0 Å². The first kappa shape index (κ1) is 14.7. The first-order valence-corrected chi connectivity index (χ1v) is 6.34. The van der Waals surface area contributed by atoms with Crippen molar-refractivity contribution in [2.75, 3.05) is 25.6 Å². The molecular weight excluding hydrogens is 228 g/mol. The van der Waals surface area contributed by atoms with Gasteiger partial charge in [-0.25, -0.2) is 0 Å². The lowest BCUT2D eigenvalue weighted by atomic mass is 10.1. The second-order valence-electron chi connectivity index (χ2n) is 4.19. The van der Waals surface area contributed by atoms with Crippen LogP contribution >= 0.6 is 0 Å². The Balaban J connectivity index is 2.51. The smallest absolute Gasteiger partial charge is 0.224 e. The van der Waals surface area contributed by atoms with Gasteiger partial charge < -0.3 is 15.8 Å². The van der Waals surface area contributed by atoms with Crippen molar-refractivity contribution in [2.45, 2.75) is 25.7 Å². The molecule has 0 saturated heterocycles. The number of amides is 1. The average molecular weight is 250 g/mol. The van der Waals surface area contributed by atoms with Crippen molar-refractivity contribution in [3.63, 3.8) is 0 Å². The highest BCUT2D eigenvalue weighted by molar-refractivity contribution is 5.91. The zero-order chi connectivity index (χ0) is 13.2. The lowest BCUT2D eigenvalue weighted by Crippen LogP contribution is -2.13. The number of carbonyl (C=O) groups is 1. The van der Waals surface area contributed by atoms with Crippen molar-refractivity contribution in [3.8, 4) is 0 Å².